The van der Waals surface area contributed by atoms with Crippen molar-refractivity contribution >= 4 is 5.91 Å². The van der Waals surface area contributed by atoms with Crippen LogP contribution in [-0.4, -0.2) is 17.5 Å². The van der Waals surface area contributed by atoms with Crippen molar-refractivity contribution in [2.24, 2.45) is 5.73 Å². The van der Waals surface area contributed by atoms with Gasteiger partial charge in [0.15, 0.2) is 0 Å². The SMILES string of the molecule is CCOc1ncccc1-c1cccc(C(N)=O)c1. The molecule has 2 N–H and O–H groups in total. The first-order chi connectivity index (χ1) is 8.72. The second-order valence-corrected chi connectivity index (χ2v) is 3.73. The van der Waals surface area contributed by atoms with Gasteiger partial charge in [-0.2, -0.15) is 0 Å². The lowest BCUT2D eigenvalue weighted by atomic mass is 10.0. The molecule has 0 atom stereocenters. The van der Waals surface area contributed by atoms with Gasteiger partial charge < -0.3 is 10.5 Å². The number of nitrogens with two attached hydrogens (primary N) is 1. The molecule has 1 aromatic heterocycles. The van der Waals surface area contributed by atoms with E-state index in [0.717, 1.165) is 11.1 Å². The Morgan fingerprint density at radius 1 is 1.33 bits per heavy atom. The third kappa shape index (κ3) is 2.48. The van der Waals surface area contributed by atoms with Gasteiger partial charge in [0.05, 0.1) is 6.61 Å². The Labute approximate surface area is 105 Å². The summed E-state index contributed by atoms with van der Waals surface area (Å²) in [5.41, 5.74) is 7.46. The molecule has 0 unspecified atom stereocenters. The standard InChI is InChI=1S/C14H14N2O2/c1-2-18-14-12(7-4-8-16-14)10-5-3-6-11(9-10)13(15)17/h3-9H,2H2,1H3,(H2,15,17). The summed E-state index contributed by atoms with van der Waals surface area (Å²) in [5, 5.41) is 0. The van der Waals surface area contributed by atoms with Crippen LogP contribution in [0, 0.1) is 0 Å². The number of ether oxygens (including phenoxy) is 1. The van der Waals surface area contributed by atoms with Crippen LogP contribution < -0.4 is 10.5 Å². The zero-order chi connectivity index (χ0) is 13.0. The summed E-state index contributed by atoms with van der Waals surface area (Å²) in [5.74, 6) is 0.111. The zero-order valence-corrected chi connectivity index (χ0v) is 10.1. The lowest BCUT2D eigenvalue weighted by Crippen LogP contribution is -2.10. The van der Waals surface area contributed by atoms with Crippen molar-refractivity contribution < 1.29 is 9.53 Å². The van der Waals surface area contributed by atoms with Gasteiger partial charge in [-0.05, 0) is 36.8 Å². The number of primary amides is 1. The van der Waals surface area contributed by atoms with E-state index < -0.39 is 5.91 Å². The highest BCUT2D eigenvalue weighted by Crippen LogP contribution is 2.28. The number of aromatic nitrogens is 1. The maximum atomic E-state index is 11.2. The summed E-state index contributed by atoms with van der Waals surface area (Å²) in [6, 6.07) is 10.8. The van der Waals surface area contributed by atoms with Crippen molar-refractivity contribution in [3.8, 4) is 17.0 Å². The van der Waals surface area contributed by atoms with Gasteiger partial charge in [-0.1, -0.05) is 12.1 Å². The van der Waals surface area contributed by atoms with Crippen LogP contribution in [0.4, 0.5) is 0 Å². The summed E-state index contributed by atoms with van der Waals surface area (Å²) in [6.45, 7) is 2.44. The van der Waals surface area contributed by atoms with Gasteiger partial charge in [0.2, 0.25) is 11.8 Å². The van der Waals surface area contributed by atoms with Crippen LogP contribution in [-0.2, 0) is 0 Å². The third-order valence-corrected chi connectivity index (χ3v) is 2.51. The van der Waals surface area contributed by atoms with E-state index in [0.29, 0.717) is 18.1 Å². The fraction of sp³-hybridized carbons (Fsp3) is 0.143. The molecule has 0 radical (unpaired) electrons. The molecule has 0 bridgehead atoms. The van der Waals surface area contributed by atoms with E-state index in [1.165, 1.54) is 0 Å². The molecule has 4 heteroatoms. The molecule has 0 spiro atoms. The second-order valence-electron chi connectivity index (χ2n) is 3.73. The van der Waals surface area contributed by atoms with Crippen LogP contribution in [0.25, 0.3) is 11.1 Å². The number of carbonyl (C=O) groups excluding carboxylic acids is 1. The first kappa shape index (κ1) is 12.1. The lowest BCUT2D eigenvalue weighted by molar-refractivity contribution is 0.100. The van der Waals surface area contributed by atoms with Gasteiger partial charge in [0, 0.05) is 17.3 Å². The minimum absolute atomic E-state index is 0.446. The Morgan fingerprint density at radius 3 is 2.89 bits per heavy atom. The van der Waals surface area contributed by atoms with Crippen molar-refractivity contribution in [3.05, 3.63) is 48.2 Å². The minimum Gasteiger partial charge on any atom is -0.478 e. The highest BCUT2D eigenvalue weighted by molar-refractivity contribution is 5.94. The third-order valence-electron chi connectivity index (χ3n) is 2.51. The fourth-order valence-corrected chi connectivity index (χ4v) is 1.70. The first-order valence-corrected chi connectivity index (χ1v) is 5.70. The van der Waals surface area contributed by atoms with Crippen LogP contribution >= 0.6 is 0 Å². The number of carbonyl (C=O) groups is 1. The highest BCUT2D eigenvalue weighted by atomic mass is 16.5. The van der Waals surface area contributed by atoms with Crippen molar-refractivity contribution in [2.45, 2.75) is 6.92 Å². The molecule has 1 heterocycles. The van der Waals surface area contributed by atoms with E-state index in [1.807, 2.05) is 25.1 Å². The molecular formula is C14H14N2O2. The smallest absolute Gasteiger partial charge is 0.248 e. The van der Waals surface area contributed by atoms with Gasteiger partial charge in [0.25, 0.3) is 0 Å². The topological polar surface area (TPSA) is 65.2 Å². The summed E-state index contributed by atoms with van der Waals surface area (Å²) < 4.78 is 5.46. The molecule has 1 amide bonds. The molecule has 2 aromatic rings. The van der Waals surface area contributed by atoms with E-state index in [2.05, 4.69) is 4.98 Å². The molecule has 4 nitrogen and oxygen atoms in total. The van der Waals surface area contributed by atoms with E-state index in [-0.39, 0.29) is 0 Å². The number of hydrogen-bond donors (Lipinski definition) is 1. The van der Waals surface area contributed by atoms with Crippen LogP contribution in [0.3, 0.4) is 0 Å². The lowest BCUT2D eigenvalue weighted by Gasteiger charge is -2.09. The second kappa shape index (κ2) is 5.31. The molecule has 0 aliphatic rings. The summed E-state index contributed by atoms with van der Waals surface area (Å²) >= 11 is 0. The number of nitrogens with zero attached hydrogens (tertiary/aromatic N) is 1. The van der Waals surface area contributed by atoms with Crippen LogP contribution in [0.15, 0.2) is 42.6 Å². The average molecular weight is 242 g/mol. The maximum Gasteiger partial charge on any atom is 0.248 e. The number of amides is 1. The maximum absolute atomic E-state index is 11.2. The van der Waals surface area contributed by atoms with Crippen molar-refractivity contribution in [1.82, 2.24) is 4.98 Å². The van der Waals surface area contributed by atoms with Crippen LogP contribution in [0.5, 0.6) is 5.88 Å². The van der Waals surface area contributed by atoms with Gasteiger partial charge in [-0.15, -0.1) is 0 Å². The summed E-state index contributed by atoms with van der Waals surface area (Å²) in [6.07, 6.45) is 1.67. The Kier molecular flexibility index (Phi) is 3.57. The fourth-order valence-electron chi connectivity index (χ4n) is 1.70. The number of rotatable bonds is 4. The Bertz CT molecular complexity index is 567. The molecule has 0 aliphatic heterocycles. The quantitative estimate of drug-likeness (QED) is 0.894. The van der Waals surface area contributed by atoms with E-state index in [1.54, 1.807) is 24.4 Å². The van der Waals surface area contributed by atoms with Crippen molar-refractivity contribution in [1.29, 1.82) is 0 Å². The molecule has 0 saturated heterocycles. The molecule has 0 aliphatic carbocycles. The van der Waals surface area contributed by atoms with Gasteiger partial charge in [-0.25, -0.2) is 4.98 Å². The average Bonchev–Trinajstić information content (AvgIpc) is 2.40. The normalized spacial score (nSPS) is 10.1. The number of pyridine rings is 1. The molecular weight excluding hydrogens is 228 g/mol. The highest BCUT2D eigenvalue weighted by Gasteiger charge is 2.08. The van der Waals surface area contributed by atoms with Gasteiger partial charge >= 0.3 is 0 Å². The molecule has 2 rings (SSSR count). The molecule has 0 saturated carbocycles. The minimum atomic E-state index is -0.446. The largest absolute Gasteiger partial charge is 0.478 e. The zero-order valence-electron chi connectivity index (χ0n) is 10.1. The Balaban J connectivity index is 2.48. The summed E-state index contributed by atoms with van der Waals surface area (Å²) in [7, 11) is 0. The van der Waals surface area contributed by atoms with Crippen LogP contribution in [0.1, 0.15) is 17.3 Å². The van der Waals surface area contributed by atoms with Crippen molar-refractivity contribution in [3.63, 3.8) is 0 Å². The number of hydrogen-bond acceptors (Lipinski definition) is 3. The van der Waals surface area contributed by atoms with Crippen LogP contribution in [0.2, 0.25) is 0 Å². The predicted octanol–water partition coefficient (Wildman–Crippen LogP) is 2.25. The van der Waals surface area contributed by atoms with E-state index in [9.17, 15) is 4.79 Å². The number of benzene rings is 1. The first-order valence-electron chi connectivity index (χ1n) is 5.70. The molecule has 18 heavy (non-hydrogen) atoms. The molecule has 0 fully saturated rings. The molecule has 92 valence electrons. The van der Waals surface area contributed by atoms with E-state index in [4.69, 9.17) is 10.5 Å². The van der Waals surface area contributed by atoms with E-state index >= 15 is 0 Å². The Hall–Kier alpha value is -2.36. The van der Waals surface area contributed by atoms with Gasteiger partial charge in [-0.3, -0.25) is 4.79 Å². The van der Waals surface area contributed by atoms with Gasteiger partial charge in [0.1, 0.15) is 0 Å². The monoisotopic (exact) mass is 242 g/mol. The molecule has 1 aromatic carbocycles. The predicted molar refractivity (Wildman–Crippen MR) is 69.4 cm³/mol. The summed E-state index contributed by atoms with van der Waals surface area (Å²) in [4.78, 5) is 15.4. The Morgan fingerprint density at radius 2 is 2.17 bits per heavy atom. The van der Waals surface area contributed by atoms with Crippen molar-refractivity contribution in [2.75, 3.05) is 6.61 Å².